The fourth-order valence-electron chi connectivity index (χ4n) is 2.63. The highest BCUT2D eigenvalue weighted by molar-refractivity contribution is 6.31. The van der Waals surface area contributed by atoms with Gasteiger partial charge in [0.1, 0.15) is 5.82 Å². The first-order valence-corrected chi connectivity index (χ1v) is 7.41. The Hall–Kier alpha value is -1.17. The van der Waals surface area contributed by atoms with Gasteiger partial charge in [-0.25, -0.2) is 4.39 Å². The highest BCUT2D eigenvalue weighted by Crippen LogP contribution is 2.32. The van der Waals surface area contributed by atoms with Gasteiger partial charge in [0.15, 0.2) is 0 Å². The Labute approximate surface area is 128 Å². The van der Waals surface area contributed by atoms with Crippen molar-refractivity contribution in [1.82, 2.24) is 5.32 Å². The predicted octanol–water partition coefficient (Wildman–Crippen LogP) is 2.41. The molecule has 6 heteroatoms. The highest BCUT2D eigenvalue weighted by Gasteiger charge is 2.39. The maximum absolute atomic E-state index is 13.9. The maximum atomic E-state index is 13.9. The van der Waals surface area contributed by atoms with Gasteiger partial charge in [0, 0.05) is 30.3 Å². The van der Waals surface area contributed by atoms with Gasteiger partial charge in [0.05, 0.1) is 11.5 Å². The second-order valence-corrected chi connectivity index (χ2v) is 5.83. The molecule has 0 spiro atoms. The molecule has 1 atom stereocenters. The molecular formula is C15H20ClFN2O2. The van der Waals surface area contributed by atoms with E-state index in [4.69, 9.17) is 22.1 Å². The second kappa shape index (κ2) is 6.73. The molecular weight excluding hydrogens is 295 g/mol. The van der Waals surface area contributed by atoms with Gasteiger partial charge < -0.3 is 15.8 Å². The average molecular weight is 315 g/mol. The van der Waals surface area contributed by atoms with Crippen LogP contribution in [0.5, 0.6) is 0 Å². The smallest absolute Gasteiger partial charge is 0.228 e. The third-order valence-electron chi connectivity index (χ3n) is 4.10. The van der Waals surface area contributed by atoms with Crippen molar-refractivity contribution in [3.63, 3.8) is 0 Å². The number of hydrogen-bond acceptors (Lipinski definition) is 3. The van der Waals surface area contributed by atoms with Crippen molar-refractivity contribution in [3.05, 3.63) is 34.6 Å². The zero-order chi connectivity index (χ0) is 15.5. The Morgan fingerprint density at radius 3 is 2.76 bits per heavy atom. The molecule has 3 N–H and O–H groups in total. The molecule has 0 radical (unpaired) electrons. The van der Waals surface area contributed by atoms with Crippen LogP contribution in [0.25, 0.3) is 0 Å². The van der Waals surface area contributed by atoms with E-state index in [1.54, 1.807) is 13.0 Å². The zero-order valence-corrected chi connectivity index (χ0v) is 12.8. The van der Waals surface area contributed by atoms with Gasteiger partial charge in [0.25, 0.3) is 0 Å². The second-order valence-electron chi connectivity index (χ2n) is 5.43. The van der Waals surface area contributed by atoms with E-state index in [1.165, 1.54) is 12.1 Å². The predicted molar refractivity (Wildman–Crippen MR) is 79.5 cm³/mol. The van der Waals surface area contributed by atoms with Gasteiger partial charge in [-0.2, -0.15) is 0 Å². The number of amides is 1. The van der Waals surface area contributed by atoms with E-state index < -0.39 is 17.3 Å². The lowest BCUT2D eigenvalue weighted by molar-refractivity contribution is -0.136. The van der Waals surface area contributed by atoms with E-state index in [0.717, 1.165) is 0 Å². The number of carbonyl (C=O) groups excluding carboxylic acids is 1. The molecule has 116 valence electrons. The third kappa shape index (κ3) is 3.36. The van der Waals surface area contributed by atoms with E-state index >= 15 is 0 Å². The van der Waals surface area contributed by atoms with Gasteiger partial charge in [-0.05, 0) is 31.9 Å². The fraction of sp³-hybridized carbons (Fsp3) is 0.533. The van der Waals surface area contributed by atoms with Gasteiger partial charge in [-0.3, -0.25) is 4.79 Å². The minimum Gasteiger partial charge on any atom is -0.381 e. The quantitative estimate of drug-likeness (QED) is 0.897. The molecule has 2 rings (SSSR count). The zero-order valence-electron chi connectivity index (χ0n) is 12.0. The molecule has 1 aliphatic rings. The molecule has 1 unspecified atom stereocenters. The molecule has 0 aliphatic carbocycles. The van der Waals surface area contributed by atoms with Crippen LogP contribution in [-0.2, 0) is 9.53 Å². The minimum atomic E-state index is -0.635. The molecule has 1 aliphatic heterocycles. The van der Waals surface area contributed by atoms with Crippen LogP contribution in [0.1, 0.15) is 31.4 Å². The Kier molecular flexibility index (Phi) is 5.19. The number of rotatable bonds is 4. The SMILES string of the molecule is CC(NC(=O)C1(CN)CCOCC1)c1c(F)cccc1Cl. The van der Waals surface area contributed by atoms with Crippen molar-refractivity contribution in [2.75, 3.05) is 19.8 Å². The molecule has 0 aromatic heterocycles. The van der Waals surface area contributed by atoms with E-state index in [9.17, 15) is 9.18 Å². The largest absolute Gasteiger partial charge is 0.381 e. The number of carbonyl (C=O) groups is 1. The molecule has 0 saturated carbocycles. The summed E-state index contributed by atoms with van der Waals surface area (Å²) in [5, 5.41) is 3.14. The Bertz CT molecular complexity index is 498. The molecule has 4 nitrogen and oxygen atoms in total. The average Bonchev–Trinajstić information content (AvgIpc) is 2.47. The first-order valence-electron chi connectivity index (χ1n) is 7.03. The number of nitrogens with one attached hydrogen (secondary N) is 1. The molecule has 1 aromatic rings. The lowest BCUT2D eigenvalue weighted by Gasteiger charge is -2.35. The summed E-state index contributed by atoms with van der Waals surface area (Å²) in [4.78, 5) is 12.5. The molecule has 1 saturated heterocycles. The van der Waals surface area contributed by atoms with Crippen LogP contribution in [0.4, 0.5) is 4.39 Å². The summed E-state index contributed by atoms with van der Waals surface area (Å²) in [5.41, 5.74) is 5.46. The van der Waals surface area contributed by atoms with Crippen molar-refractivity contribution >= 4 is 17.5 Å². The summed E-state index contributed by atoms with van der Waals surface area (Å²) in [7, 11) is 0. The number of halogens is 2. The standard InChI is InChI=1S/C15H20ClFN2O2/c1-10(13-11(16)3-2-4-12(13)17)19-14(20)15(9-18)5-7-21-8-6-15/h2-4,10H,5-9,18H2,1H3,(H,19,20). The number of nitrogens with two attached hydrogens (primary N) is 1. The monoisotopic (exact) mass is 314 g/mol. The van der Waals surface area contributed by atoms with Crippen molar-refractivity contribution in [2.45, 2.75) is 25.8 Å². The van der Waals surface area contributed by atoms with Crippen LogP contribution in [0.2, 0.25) is 5.02 Å². The highest BCUT2D eigenvalue weighted by atomic mass is 35.5. The van der Waals surface area contributed by atoms with Crippen molar-refractivity contribution in [1.29, 1.82) is 0 Å². The first kappa shape index (κ1) is 16.2. The van der Waals surface area contributed by atoms with E-state index in [1.807, 2.05) is 0 Å². The van der Waals surface area contributed by atoms with Gasteiger partial charge >= 0.3 is 0 Å². The number of hydrogen-bond donors (Lipinski definition) is 2. The Morgan fingerprint density at radius 2 is 2.19 bits per heavy atom. The maximum Gasteiger partial charge on any atom is 0.228 e. The van der Waals surface area contributed by atoms with Crippen LogP contribution < -0.4 is 11.1 Å². The van der Waals surface area contributed by atoms with E-state index in [2.05, 4.69) is 5.32 Å². The van der Waals surface area contributed by atoms with Gasteiger partial charge in [-0.15, -0.1) is 0 Å². The third-order valence-corrected chi connectivity index (χ3v) is 4.43. The molecule has 1 aromatic carbocycles. The molecule has 1 heterocycles. The van der Waals surface area contributed by atoms with Gasteiger partial charge in [0.2, 0.25) is 5.91 Å². The molecule has 1 amide bonds. The van der Waals surface area contributed by atoms with E-state index in [-0.39, 0.29) is 12.5 Å². The van der Waals surface area contributed by atoms with Crippen LogP contribution in [-0.4, -0.2) is 25.7 Å². The van der Waals surface area contributed by atoms with Crippen LogP contribution in [0, 0.1) is 11.2 Å². The molecule has 1 fully saturated rings. The fourth-order valence-corrected chi connectivity index (χ4v) is 2.96. The summed E-state index contributed by atoms with van der Waals surface area (Å²) >= 11 is 6.03. The summed E-state index contributed by atoms with van der Waals surface area (Å²) in [6, 6.07) is 3.96. The van der Waals surface area contributed by atoms with Crippen molar-refractivity contribution in [2.24, 2.45) is 11.1 Å². The first-order chi connectivity index (χ1) is 10.00. The Morgan fingerprint density at radius 1 is 1.52 bits per heavy atom. The summed E-state index contributed by atoms with van der Waals surface area (Å²) < 4.78 is 19.2. The Balaban J connectivity index is 2.15. The lowest BCUT2D eigenvalue weighted by atomic mass is 9.79. The topological polar surface area (TPSA) is 64.4 Å². The van der Waals surface area contributed by atoms with E-state index in [0.29, 0.717) is 36.6 Å². The molecule has 21 heavy (non-hydrogen) atoms. The normalized spacial score (nSPS) is 19.0. The van der Waals surface area contributed by atoms with Crippen molar-refractivity contribution < 1.29 is 13.9 Å². The summed E-state index contributed by atoms with van der Waals surface area (Å²) in [5.74, 6) is -0.593. The van der Waals surface area contributed by atoms with Crippen LogP contribution >= 0.6 is 11.6 Å². The molecule has 0 bridgehead atoms. The summed E-state index contributed by atoms with van der Waals surface area (Å²) in [6.07, 6.45) is 1.15. The number of benzene rings is 1. The summed E-state index contributed by atoms with van der Waals surface area (Å²) in [6.45, 7) is 2.99. The van der Waals surface area contributed by atoms with Crippen LogP contribution in [0.3, 0.4) is 0 Å². The van der Waals surface area contributed by atoms with Crippen LogP contribution in [0.15, 0.2) is 18.2 Å². The lowest BCUT2D eigenvalue weighted by Crippen LogP contribution is -2.49. The van der Waals surface area contributed by atoms with Crippen molar-refractivity contribution in [3.8, 4) is 0 Å². The number of ether oxygens (including phenoxy) is 1. The minimum absolute atomic E-state index is 0.167. The van der Waals surface area contributed by atoms with Gasteiger partial charge in [-0.1, -0.05) is 17.7 Å².